The van der Waals surface area contributed by atoms with Crippen LogP contribution >= 0.6 is 0 Å². The zero-order valence-electron chi connectivity index (χ0n) is 17.8. The number of hydrogen-bond donors (Lipinski definition) is 3. The van der Waals surface area contributed by atoms with Crippen molar-refractivity contribution >= 4 is 17.0 Å². The van der Waals surface area contributed by atoms with Crippen molar-refractivity contribution in [2.75, 3.05) is 5.32 Å². The number of pyridine rings is 1. The van der Waals surface area contributed by atoms with Crippen molar-refractivity contribution in [1.82, 2.24) is 30.3 Å². The molecule has 0 amide bonds. The number of aliphatic hydroxyl groups is 1. The highest BCUT2D eigenvalue weighted by Gasteiger charge is 2.22. The first-order valence-electron chi connectivity index (χ1n) is 10.6. The van der Waals surface area contributed by atoms with Crippen LogP contribution in [0.1, 0.15) is 42.7 Å². The van der Waals surface area contributed by atoms with E-state index in [9.17, 15) is 5.11 Å². The molecular weight excluding hydrogens is 394 g/mol. The molecule has 1 aliphatic rings. The lowest BCUT2D eigenvalue weighted by molar-refractivity contribution is 0.124. The molecule has 1 aliphatic carbocycles. The van der Waals surface area contributed by atoms with Crippen LogP contribution in [0.5, 0.6) is 0 Å². The number of hydrogen-bond acceptors (Lipinski definition) is 8. The van der Waals surface area contributed by atoms with Gasteiger partial charge in [0.25, 0.3) is 0 Å². The average Bonchev–Trinajstić information content (AvgIpc) is 3.31. The maximum absolute atomic E-state index is 9.94. The molecule has 0 unspecified atom stereocenters. The summed E-state index contributed by atoms with van der Waals surface area (Å²) in [7, 11) is 0. The van der Waals surface area contributed by atoms with Gasteiger partial charge < -0.3 is 14.9 Å². The molecule has 2 atom stereocenters. The number of H-pyrrole nitrogens is 1. The van der Waals surface area contributed by atoms with Gasteiger partial charge in [-0.2, -0.15) is 5.10 Å². The van der Waals surface area contributed by atoms with Gasteiger partial charge in [-0.3, -0.25) is 5.10 Å². The predicted octanol–water partition coefficient (Wildman–Crippen LogP) is 3.71. The van der Waals surface area contributed by atoms with Gasteiger partial charge in [0, 0.05) is 17.6 Å². The quantitative estimate of drug-likeness (QED) is 0.457. The van der Waals surface area contributed by atoms with Gasteiger partial charge in [-0.05, 0) is 64.2 Å². The third-order valence-electron chi connectivity index (χ3n) is 5.90. The van der Waals surface area contributed by atoms with E-state index < -0.39 is 0 Å². The number of aryl methyl sites for hydroxylation is 3. The fourth-order valence-corrected chi connectivity index (χ4v) is 4.31. The van der Waals surface area contributed by atoms with E-state index in [1.807, 2.05) is 39.1 Å². The topological polar surface area (TPSA) is 126 Å². The summed E-state index contributed by atoms with van der Waals surface area (Å²) < 4.78 is 5.28. The van der Waals surface area contributed by atoms with E-state index in [2.05, 4.69) is 25.7 Å². The number of rotatable bonds is 4. The minimum Gasteiger partial charge on any atom is -0.393 e. The highest BCUT2D eigenvalue weighted by molar-refractivity contribution is 5.92. The van der Waals surface area contributed by atoms with Gasteiger partial charge in [0.2, 0.25) is 5.95 Å². The van der Waals surface area contributed by atoms with Crippen molar-refractivity contribution in [2.24, 2.45) is 0 Å². The van der Waals surface area contributed by atoms with Crippen LogP contribution < -0.4 is 5.32 Å². The molecule has 160 valence electrons. The molecule has 0 bridgehead atoms. The minimum absolute atomic E-state index is 0.178. The number of aromatic nitrogens is 6. The van der Waals surface area contributed by atoms with Crippen molar-refractivity contribution in [1.29, 1.82) is 0 Å². The van der Waals surface area contributed by atoms with Crippen LogP contribution in [0, 0.1) is 20.8 Å². The maximum Gasteiger partial charge on any atom is 0.223 e. The summed E-state index contributed by atoms with van der Waals surface area (Å²) in [4.78, 5) is 13.9. The molecule has 3 N–H and O–H groups in total. The third-order valence-corrected chi connectivity index (χ3v) is 5.90. The average molecular weight is 419 g/mol. The first-order chi connectivity index (χ1) is 15.0. The Bertz CT molecular complexity index is 1230. The Kier molecular flexibility index (Phi) is 4.90. The van der Waals surface area contributed by atoms with Crippen LogP contribution in [0.25, 0.3) is 33.7 Å². The summed E-state index contributed by atoms with van der Waals surface area (Å²) >= 11 is 0. The van der Waals surface area contributed by atoms with Crippen LogP contribution in [-0.4, -0.2) is 47.6 Å². The number of fused-ring (bicyclic) bond motifs is 1. The van der Waals surface area contributed by atoms with Gasteiger partial charge in [-0.25, -0.2) is 15.0 Å². The number of aromatic amines is 1. The summed E-state index contributed by atoms with van der Waals surface area (Å²) in [5.74, 6) is 1.29. The zero-order valence-corrected chi connectivity index (χ0v) is 17.8. The van der Waals surface area contributed by atoms with Gasteiger partial charge >= 0.3 is 0 Å². The fourth-order valence-electron chi connectivity index (χ4n) is 4.31. The lowest BCUT2D eigenvalue weighted by atomic mass is 9.93. The fraction of sp³-hybridized carbons (Fsp3) is 0.409. The van der Waals surface area contributed by atoms with Crippen LogP contribution in [0.2, 0.25) is 0 Å². The third kappa shape index (κ3) is 3.65. The van der Waals surface area contributed by atoms with Gasteiger partial charge in [0.05, 0.1) is 34.4 Å². The monoisotopic (exact) mass is 419 g/mol. The molecule has 9 heteroatoms. The van der Waals surface area contributed by atoms with Crippen LogP contribution in [0.4, 0.5) is 5.95 Å². The van der Waals surface area contributed by atoms with Gasteiger partial charge in [0.15, 0.2) is 5.65 Å². The van der Waals surface area contributed by atoms with E-state index in [4.69, 9.17) is 14.5 Å². The first-order valence-corrected chi connectivity index (χ1v) is 10.6. The van der Waals surface area contributed by atoms with Crippen LogP contribution in [-0.2, 0) is 0 Å². The molecular formula is C22H25N7O2. The smallest absolute Gasteiger partial charge is 0.223 e. The Hall–Kier alpha value is -3.33. The Morgan fingerprint density at radius 1 is 1.16 bits per heavy atom. The standard InChI is InChI=1S/C22H25N7O2/c1-11-10-23-22(24-14-5-4-6-15(30)9-14)26-19(11)20-16-7-8-17(25-21(16)28-27-20)18-12(2)29-31-13(18)3/h7-8,10,14-15,30H,4-6,9H2,1-3H3,(H,23,24,26)(H,25,27,28)/t14-,15+/m1/s1. The molecule has 4 aromatic rings. The molecule has 0 radical (unpaired) electrons. The SMILES string of the molecule is Cc1cnc(N[C@@H]2CCC[C@H](O)C2)nc1-c1[nH]nc2nc(-c3c(C)noc3C)ccc12. The summed E-state index contributed by atoms with van der Waals surface area (Å²) in [6, 6.07) is 4.12. The second-order valence-electron chi connectivity index (χ2n) is 8.25. The second-order valence-corrected chi connectivity index (χ2v) is 8.25. The van der Waals surface area contributed by atoms with Gasteiger partial charge in [-0.1, -0.05) is 5.16 Å². The molecule has 4 aromatic heterocycles. The Labute approximate surface area is 179 Å². The summed E-state index contributed by atoms with van der Waals surface area (Å²) in [6.45, 7) is 5.75. The van der Waals surface area contributed by atoms with E-state index in [1.165, 1.54) is 0 Å². The maximum atomic E-state index is 9.94. The molecule has 1 fully saturated rings. The molecule has 9 nitrogen and oxygen atoms in total. The Balaban J connectivity index is 1.49. The van der Waals surface area contributed by atoms with Crippen LogP contribution in [0.15, 0.2) is 22.9 Å². The van der Waals surface area contributed by atoms with Crippen molar-refractivity contribution in [3.05, 3.63) is 35.3 Å². The Morgan fingerprint density at radius 2 is 2.03 bits per heavy atom. The molecule has 5 rings (SSSR count). The molecule has 0 aromatic carbocycles. The van der Waals surface area contributed by atoms with E-state index in [0.29, 0.717) is 18.0 Å². The molecule has 0 spiro atoms. The lowest BCUT2D eigenvalue weighted by Crippen LogP contribution is -2.30. The first kappa shape index (κ1) is 19.6. The summed E-state index contributed by atoms with van der Waals surface area (Å²) in [5, 5.41) is 25.7. The lowest BCUT2D eigenvalue weighted by Gasteiger charge is -2.26. The normalized spacial score (nSPS) is 19.1. The van der Waals surface area contributed by atoms with Crippen molar-refractivity contribution in [2.45, 2.75) is 58.6 Å². The number of anilines is 1. The number of nitrogens with one attached hydrogen (secondary N) is 2. The molecule has 4 heterocycles. The van der Waals surface area contributed by atoms with Crippen LogP contribution in [0.3, 0.4) is 0 Å². The molecule has 31 heavy (non-hydrogen) atoms. The molecule has 0 saturated heterocycles. The van der Waals surface area contributed by atoms with Crippen molar-refractivity contribution < 1.29 is 9.63 Å². The van der Waals surface area contributed by atoms with E-state index >= 15 is 0 Å². The van der Waals surface area contributed by atoms with Crippen molar-refractivity contribution in [3.63, 3.8) is 0 Å². The minimum atomic E-state index is -0.259. The molecule has 1 saturated carbocycles. The largest absolute Gasteiger partial charge is 0.393 e. The second kappa shape index (κ2) is 7.73. The number of aliphatic hydroxyl groups excluding tert-OH is 1. The van der Waals surface area contributed by atoms with Crippen molar-refractivity contribution in [3.8, 4) is 22.6 Å². The van der Waals surface area contributed by atoms with E-state index in [-0.39, 0.29) is 12.1 Å². The van der Waals surface area contributed by atoms with Gasteiger partial charge in [-0.15, -0.1) is 0 Å². The molecule has 0 aliphatic heterocycles. The summed E-state index contributed by atoms with van der Waals surface area (Å²) in [6.07, 6.45) is 5.13. The predicted molar refractivity (Wildman–Crippen MR) is 117 cm³/mol. The highest BCUT2D eigenvalue weighted by atomic mass is 16.5. The van der Waals surface area contributed by atoms with E-state index in [0.717, 1.165) is 64.3 Å². The van der Waals surface area contributed by atoms with E-state index in [1.54, 1.807) is 0 Å². The summed E-state index contributed by atoms with van der Waals surface area (Å²) in [5.41, 5.74) is 5.60. The number of nitrogens with zero attached hydrogens (tertiary/aromatic N) is 5. The van der Waals surface area contributed by atoms with Gasteiger partial charge in [0.1, 0.15) is 5.76 Å². The highest BCUT2D eigenvalue weighted by Crippen LogP contribution is 2.31. The zero-order chi connectivity index (χ0) is 21.5. The Morgan fingerprint density at radius 3 is 2.81 bits per heavy atom.